The van der Waals surface area contributed by atoms with Crippen molar-refractivity contribution in [1.82, 2.24) is 4.90 Å². The number of benzene rings is 2. The summed E-state index contributed by atoms with van der Waals surface area (Å²) in [6.45, 7) is -0.658. The molecule has 0 aromatic heterocycles. The van der Waals surface area contributed by atoms with Crippen LogP contribution in [0.4, 0.5) is 0 Å². The number of fused-ring (bicyclic) bond motifs is 1. The summed E-state index contributed by atoms with van der Waals surface area (Å²) in [6.07, 6.45) is -1.52. The second-order valence-corrected chi connectivity index (χ2v) is 12.2. The Bertz CT molecular complexity index is 1870. The van der Waals surface area contributed by atoms with Crippen LogP contribution in [0.25, 0.3) is 0 Å². The Morgan fingerprint density at radius 2 is 1.19 bits per heavy atom. The van der Waals surface area contributed by atoms with E-state index in [1.807, 2.05) is 0 Å². The minimum Gasteiger partial charge on any atom is -0.480 e. The zero-order valence-corrected chi connectivity index (χ0v) is 23.4. The number of carboxylic acids is 1. The maximum Gasteiger partial charge on any atom is 0.446 e. The molecule has 0 aliphatic carbocycles. The zero-order valence-electron chi connectivity index (χ0n) is 20.1. The average Bonchev–Trinajstić information content (AvgIpc) is 2.76. The predicted octanol–water partition coefficient (Wildman–Crippen LogP) is -1.01. The summed E-state index contributed by atoms with van der Waals surface area (Å²) in [5.74, 6) is -6.06. The Labute approximate surface area is 236 Å². The number of amides is 1. The first kappa shape index (κ1) is 32.7. The fourth-order valence-corrected chi connectivity index (χ4v) is 5.21. The van der Waals surface area contributed by atoms with E-state index in [-0.39, 0.29) is 11.1 Å². The minimum atomic E-state index is -5.30. The highest BCUT2D eigenvalue weighted by molar-refractivity contribution is 7.82. The van der Waals surface area contributed by atoms with Gasteiger partial charge in [-0.05, 0) is 41.5 Å². The molecule has 232 valence electrons. The number of carbonyl (C=O) groups is 2. The molecule has 0 saturated carbocycles. The number of carboxylic acid groups (broad SMARTS) is 1. The van der Waals surface area contributed by atoms with Gasteiger partial charge < -0.3 is 26.7 Å². The van der Waals surface area contributed by atoms with Gasteiger partial charge in [0.2, 0.25) is 5.91 Å². The van der Waals surface area contributed by atoms with Crippen LogP contribution in [0.3, 0.4) is 0 Å². The van der Waals surface area contributed by atoms with Crippen molar-refractivity contribution in [3.05, 3.63) is 47.0 Å². The molecule has 0 spiro atoms. The second-order valence-electron chi connectivity index (χ2n) is 8.14. The van der Waals surface area contributed by atoms with Crippen LogP contribution >= 0.6 is 0 Å². The number of hydrogen-bond acceptors (Lipinski definition) is 14. The van der Waals surface area contributed by atoms with Gasteiger partial charge >= 0.3 is 47.6 Å². The topological polar surface area (TPSA) is 312 Å². The highest BCUT2D eigenvalue weighted by Crippen LogP contribution is 2.37. The van der Waals surface area contributed by atoms with Crippen LogP contribution in [0, 0.1) is 0 Å². The normalized spacial score (nSPS) is 15.8. The van der Waals surface area contributed by atoms with E-state index in [0.717, 1.165) is 30.3 Å². The third kappa shape index (κ3) is 9.38. The van der Waals surface area contributed by atoms with Gasteiger partial charge in [0.15, 0.2) is 11.5 Å². The first-order valence-electron chi connectivity index (χ1n) is 10.5. The van der Waals surface area contributed by atoms with Crippen LogP contribution in [-0.2, 0) is 70.6 Å². The van der Waals surface area contributed by atoms with Gasteiger partial charge in [-0.1, -0.05) is 0 Å². The summed E-state index contributed by atoms with van der Waals surface area (Å²) in [7, 11) is -20.9. The van der Waals surface area contributed by atoms with Crippen LogP contribution < -0.4 is 16.7 Å². The van der Waals surface area contributed by atoms with E-state index in [2.05, 4.69) is 16.7 Å². The standard InChI is InChI=1S/C18H17NO19S4/c20-17(7-10-3-12(35-39(23,24)25)1-2-14(10)36-40(26,27)28)19-8-11-6-16(38-42(32,33)34)15(37-41(29,30)31)5-9(11)4-13(19)18(21)22/h1-3,5-6,13H,4,7-8H2,(H,21,22)(H,23,24,25)(H,26,27,28)(H,29,30,31)(H,32,33,34). The van der Waals surface area contributed by atoms with Crippen molar-refractivity contribution in [2.75, 3.05) is 0 Å². The van der Waals surface area contributed by atoms with E-state index in [9.17, 15) is 48.4 Å². The highest BCUT2D eigenvalue weighted by Gasteiger charge is 2.36. The van der Waals surface area contributed by atoms with Crippen LogP contribution in [0.1, 0.15) is 16.7 Å². The monoisotopic (exact) mass is 679 g/mol. The van der Waals surface area contributed by atoms with E-state index in [1.54, 1.807) is 0 Å². The highest BCUT2D eigenvalue weighted by atomic mass is 32.3. The van der Waals surface area contributed by atoms with E-state index in [0.29, 0.717) is 4.90 Å². The van der Waals surface area contributed by atoms with Gasteiger partial charge in [0.1, 0.15) is 17.5 Å². The minimum absolute atomic E-state index is 0.0354. The molecule has 1 aliphatic rings. The number of carbonyl (C=O) groups excluding carboxylic acids is 1. The summed E-state index contributed by atoms with van der Waals surface area (Å²) >= 11 is 0. The molecular formula is C18H17NO19S4. The largest absolute Gasteiger partial charge is 0.480 e. The smallest absolute Gasteiger partial charge is 0.446 e. The van der Waals surface area contributed by atoms with Gasteiger partial charge in [-0.3, -0.25) is 23.0 Å². The van der Waals surface area contributed by atoms with E-state index >= 15 is 0 Å². The molecule has 3 rings (SSSR count). The van der Waals surface area contributed by atoms with E-state index < -0.39 is 107 Å². The van der Waals surface area contributed by atoms with Crippen molar-refractivity contribution in [3.8, 4) is 23.0 Å². The van der Waals surface area contributed by atoms with Crippen LogP contribution in [0.2, 0.25) is 0 Å². The Morgan fingerprint density at radius 1 is 0.714 bits per heavy atom. The summed E-state index contributed by atoms with van der Waals surface area (Å²) < 4.78 is 142. The van der Waals surface area contributed by atoms with Crippen molar-refractivity contribution >= 4 is 53.5 Å². The molecule has 0 fully saturated rings. The van der Waals surface area contributed by atoms with Gasteiger partial charge in [0, 0.05) is 18.5 Å². The van der Waals surface area contributed by atoms with E-state index in [1.165, 1.54) is 0 Å². The van der Waals surface area contributed by atoms with E-state index in [4.69, 9.17) is 18.2 Å². The van der Waals surface area contributed by atoms with Crippen molar-refractivity contribution in [2.24, 2.45) is 0 Å². The summed E-state index contributed by atoms with van der Waals surface area (Å²) in [5.41, 5.74) is -0.590. The molecule has 1 atom stereocenters. The quantitative estimate of drug-likeness (QED) is 0.178. The Hall–Kier alpha value is -3.78. The lowest BCUT2D eigenvalue weighted by Crippen LogP contribution is -2.49. The third-order valence-corrected chi connectivity index (χ3v) is 6.74. The molecule has 1 heterocycles. The maximum absolute atomic E-state index is 13.3. The number of nitrogens with zero attached hydrogens (tertiary/aromatic N) is 1. The second kappa shape index (κ2) is 11.5. The van der Waals surface area contributed by atoms with Gasteiger partial charge in [0.05, 0.1) is 6.42 Å². The Balaban J connectivity index is 2.05. The molecule has 0 saturated heterocycles. The molecule has 0 bridgehead atoms. The zero-order chi connectivity index (χ0) is 31.8. The molecule has 42 heavy (non-hydrogen) atoms. The van der Waals surface area contributed by atoms with Gasteiger partial charge in [-0.2, -0.15) is 33.7 Å². The summed E-state index contributed by atoms with van der Waals surface area (Å²) in [5, 5.41) is 9.74. The van der Waals surface area contributed by atoms with Crippen LogP contribution in [-0.4, -0.2) is 79.8 Å². The van der Waals surface area contributed by atoms with Crippen molar-refractivity contribution in [1.29, 1.82) is 0 Å². The van der Waals surface area contributed by atoms with Gasteiger partial charge in [0.25, 0.3) is 0 Å². The first-order chi connectivity index (χ1) is 19.0. The first-order valence-corrected chi connectivity index (χ1v) is 15.9. The third-order valence-electron chi connectivity index (χ3n) is 5.16. The van der Waals surface area contributed by atoms with Gasteiger partial charge in [-0.15, -0.1) is 0 Å². The molecule has 24 heteroatoms. The Morgan fingerprint density at radius 3 is 1.67 bits per heavy atom. The maximum atomic E-state index is 13.3. The molecule has 2 aromatic rings. The molecule has 1 aliphatic heterocycles. The number of rotatable bonds is 11. The lowest BCUT2D eigenvalue weighted by Gasteiger charge is -2.35. The molecule has 2 aromatic carbocycles. The van der Waals surface area contributed by atoms with Crippen molar-refractivity contribution < 1.29 is 83.3 Å². The molecule has 5 N–H and O–H groups in total. The predicted molar refractivity (Wildman–Crippen MR) is 131 cm³/mol. The average molecular weight is 680 g/mol. The van der Waals surface area contributed by atoms with Crippen molar-refractivity contribution in [2.45, 2.75) is 25.4 Å². The molecule has 0 radical (unpaired) electrons. The summed E-state index contributed by atoms with van der Waals surface area (Å²) in [6, 6.07) is 2.07. The lowest BCUT2D eigenvalue weighted by molar-refractivity contribution is -0.151. The number of hydrogen-bond donors (Lipinski definition) is 5. The molecule has 1 amide bonds. The lowest BCUT2D eigenvalue weighted by atomic mass is 9.92. The van der Waals surface area contributed by atoms with Crippen LogP contribution in [0.5, 0.6) is 23.0 Å². The molecule has 1 unspecified atom stereocenters. The molecular weight excluding hydrogens is 662 g/mol. The SMILES string of the molecule is O=C(O)C1Cc2cc(OS(=O)(=O)O)c(OS(=O)(=O)O)cc2CN1C(=O)Cc1cc(OS(=O)(=O)O)ccc1OS(=O)(=O)O. The van der Waals surface area contributed by atoms with Crippen LogP contribution in [0.15, 0.2) is 30.3 Å². The summed E-state index contributed by atoms with van der Waals surface area (Å²) in [4.78, 5) is 26.0. The fraction of sp³-hybridized carbons (Fsp3) is 0.222. The fourth-order valence-electron chi connectivity index (χ4n) is 3.76. The molecule has 20 nitrogen and oxygen atoms in total. The van der Waals surface area contributed by atoms with Crippen molar-refractivity contribution in [3.63, 3.8) is 0 Å². The number of aliphatic carboxylic acids is 1. The Kier molecular flexibility index (Phi) is 8.95. The van der Waals surface area contributed by atoms with Gasteiger partial charge in [-0.25, -0.2) is 4.79 Å².